The van der Waals surface area contributed by atoms with Crippen molar-refractivity contribution < 1.29 is 4.74 Å². The number of hydrogen-bond donors (Lipinski definition) is 0. The minimum Gasteiger partial charge on any atom is -0.374 e. The standard InChI is InChI=1S/C11H24N2O/c1-4-6-12(3)9-11-10-13(5-2)7-8-14-11/h11H,4-10H2,1-3H3/t11-/m1/s1. The second-order valence-corrected chi connectivity index (χ2v) is 4.15. The lowest BCUT2D eigenvalue weighted by Crippen LogP contribution is -2.46. The number of morpholine rings is 1. The smallest absolute Gasteiger partial charge is 0.0829 e. The molecule has 14 heavy (non-hydrogen) atoms. The van der Waals surface area contributed by atoms with E-state index in [-0.39, 0.29) is 0 Å². The zero-order valence-corrected chi connectivity index (χ0v) is 9.83. The third kappa shape index (κ3) is 3.95. The summed E-state index contributed by atoms with van der Waals surface area (Å²) in [6.07, 6.45) is 1.64. The fourth-order valence-corrected chi connectivity index (χ4v) is 2.00. The van der Waals surface area contributed by atoms with Gasteiger partial charge in [-0.2, -0.15) is 0 Å². The van der Waals surface area contributed by atoms with Gasteiger partial charge in [0.1, 0.15) is 0 Å². The molecule has 3 nitrogen and oxygen atoms in total. The normalized spacial score (nSPS) is 24.4. The van der Waals surface area contributed by atoms with Gasteiger partial charge in [-0.15, -0.1) is 0 Å². The summed E-state index contributed by atoms with van der Waals surface area (Å²) in [6, 6.07) is 0. The van der Waals surface area contributed by atoms with Crippen LogP contribution in [0.25, 0.3) is 0 Å². The fourth-order valence-electron chi connectivity index (χ4n) is 2.00. The van der Waals surface area contributed by atoms with Crippen molar-refractivity contribution in [3.8, 4) is 0 Å². The van der Waals surface area contributed by atoms with E-state index in [9.17, 15) is 0 Å². The van der Waals surface area contributed by atoms with Crippen molar-refractivity contribution >= 4 is 0 Å². The van der Waals surface area contributed by atoms with Crippen LogP contribution in [0.4, 0.5) is 0 Å². The van der Waals surface area contributed by atoms with Gasteiger partial charge in [0.05, 0.1) is 12.7 Å². The van der Waals surface area contributed by atoms with E-state index in [1.54, 1.807) is 0 Å². The molecule has 0 aromatic heterocycles. The lowest BCUT2D eigenvalue weighted by Gasteiger charge is -2.34. The number of hydrogen-bond acceptors (Lipinski definition) is 3. The van der Waals surface area contributed by atoms with Gasteiger partial charge in [-0.05, 0) is 26.6 Å². The number of rotatable bonds is 5. The predicted octanol–water partition coefficient (Wildman–Crippen LogP) is 1.05. The number of ether oxygens (including phenoxy) is 1. The molecule has 3 heteroatoms. The highest BCUT2D eigenvalue weighted by atomic mass is 16.5. The van der Waals surface area contributed by atoms with E-state index >= 15 is 0 Å². The average Bonchev–Trinajstić information content (AvgIpc) is 2.18. The second-order valence-electron chi connectivity index (χ2n) is 4.15. The summed E-state index contributed by atoms with van der Waals surface area (Å²) in [5.41, 5.74) is 0. The Morgan fingerprint density at radius 1 is 1.43 bits per heavy atom. The van der Waals surface area contributed by atoms with Crippen LogP contribution < -0.4 is 0 Å². The summed E-state index contributed by atoms with van der Waals surface area (Å²) in [6.45, 7) is 10.9. The van der Waals surface area contributed by atoms with E-state index in [4.69, 9.17) is 4.74 Å². The van der Waals surface area contributed by atoms with Crippen molar-refractivity contribution in [2.24, 2.45) is 0 Å². The molecule has 0 spiro atoms. The molecular weight excluding hydrogens is 176 g/mol. The van der Waals surface area contributed by atoms with Crippen LogP contribution in [0.5, 0.6) is 0 Å². The Hall–Kier alpha value is -0.120. The quantitative estimate of drug-likeness (QED) is 0.660. The molecule has 0 aliphatic carbocycles. The van der Waals surface area contributed by atoms with Crippen LogP contribution in [0.1, 0.15) is 20.3 Å². The van der Waals surface area contributed by atoms with E-state index in [2.05, 4.69) is 30.7 Å². The minimum absolute atomic E-state index is 0.417. The maximum atomic E-state index is 5.74. The highest BCUT2D eigenvalue weighted by Crippen LogP contribution is 2.06. The Kier molecular flexibility index (Phi) is 5.45. The van der Waals surface area contributed by atoms with Gasteiger partial charge in [0, 0.05) is 19.6 Å². The first-order valence-corrected chi connectivity index (χ1v) is 5.78. The van der Waals surface area contributed by atoms with Crippen molar-refractivity contribution in [3.05, 3.63) is 0 Å². The molecule has 0 radical (unpaired) electrons. The zero-order chi connectivity index (χ0) is 10.4. The molecule has 0 bridgehead atoms. The fraction of sp³-hybridized carbons (Fsp3) is 1.00. The van der Waals surface area contributed by atoms with Crippen molar-refractivity contribution in [1.29, 1.82) is 0 Å². The minimum atomic E-state index is 0.417. The van der Waals surface area contributed by atoms with Crippen LogP contribution in [-0.2, 0) is 4.74 Å². The molecular formula is C11H24N2O. The van der Waals surface area contributed by atoms with Gasteiger partial charge < -0.3 is 9.64 Å². The summed E-state index contributed by atoms with van der Waals surface area (Å²) in [4.78, 5) is 4.83. The van der Waals surface area contributed by atoms with Crippen LogP contribution in [0.15, 0.2) is 0 Å². The summed E-state index contributed by atoms with van der Waals surface area (Å²) in [5, 5.41) is 0. The van der Waals surface area contributed by atoms with E-state index in [1.165, 1.54) is 13.0 Å². The molecule has 0 aromatic rings. The SMILES string of the molecule is CCCN(C)C[C@@H]1CN(CC)CCO1. The molecule has 0 N–H and O–H groups in total. The van der Waals surface area contributed by atoms with E-state index in [0.29, 0.717) is 6.10 Å². The summed E-state index contributed by atoms with van der Waals surface area (Å²) in [7, 11) is 2.18. The molecule has 1 aliphatic heterocycles. The number of nitrogens with zero attached hydrogens (tertiary/aromatic N) is 2. The van der Waals surface area contributed by atoms with Crippen molar-refractivity contribution in [2.45, 2.75) is 26.4 Å². The van der Waals surface area contributed by atoms with Crippen LogP contribution in [-0.4, -0.2) is 62.3 Å². The van der Waals surface area contributed by atoms with E-state index in [0.717, 1.165) is 32.8 Å². The first-order valence-electron chi connectivity index (χ1n) is 5.78. The van der Waals surface area contributed by atoms with Gasteiger partial charge in [0.15, 0.2) is 0 Å². The monoisotopic (exact) mass is 200 g/mol. The summed E-state index contributed by atoms with van der Waals surface area (Å²) >= 11 is 0. The Labute approximate surface area is 88.0 Å². The first-order chi connectivity index (χ1) is 6.76. The molecule has 1 saturated heterocycles. The topological polar surface area (TPSA) is 15.7 Å². The van der Waals surface area contributed by atoms with Gasteiger partial charge >= 0.3 is 0 Å². The van der Waals surface area contributed by atoms with Crippen molar-refractivity contribution in [2.75, 3.05) is 46.4 Å². The summed E-state index contributed by atoms with van der Waals surface area (Å²) in [5.74, 6) is 0. The highest BCUT2D eigenvalue weighted by molar-refractivity contribution is 4.73. The Morgan fingerprint density at radius 3 is 2.86 bits per heavy atom. The van der Waals surface area contributed by atoms with E-state index < -0.39 is 0 Å². The molecule has 1 heterocycles. The maximum Gasteiger partial charge on any atom is 0.0829 e. The van der Waals surface area contributed by atoms with Gasteiger partial charge in [-0.25, -0.2) is 0 Å². The lowest BCUT2D eigenvalue weighted by atomic mass is 10.2. The lowest BCUT2D eigenvalue weighted by molar-refractivity contribution is -0.0388. The largest absolute Gasteiger partial charge is 0.374 e. The molecule has 0 saturated carbocycles. The maximum absolute atomic E-state index is 5.74. The van der Waals surface area contributed by atoms with Gasteiger partial charge in [-0.3, -0.25) is 4.90 Å². The zero-order valence-electron chi connectivity index (χ0n) is 9.83. The Morgan fingerprint density at radius 2 is 2.21 bits per heavy atom. The third-order valence-electron chi connectivity index (χ3n) is 2.79. The molecule has 1 fully saturated rings. The van der Waals surface area contributed by atoms with Gasteiger partial charge in [0.25, 0.3) is 0 Å². The second kappa shape index (κ2) is 6.38. The van der Waals surface area contributed by atoms with Crippen LogP contribution in [0.2, 0.25) is 0 Å². The molecule has 1 aliphatic rings. The predicted molar refractivity (Wildman–Crippen MR) is 59.6 cm³/mol. The Bertz CT molecular complexity index is 152. The van der Waals surface area contributed by atoms with Crippen LogP contribution in [0, 0.1) is 0 Å². The molecule has 1 atom stereocenters. The van der Waals surface area contributed by atoms with Crippen LogP contribution >= 0.6 is 0 Å². The molecule has 1 rings (SSSR count). The molecule has 0 aromatic carbocycles. The van der Waals surface area contributed by atoms with E-state index in [1.807, 2.05) is 0 Å². The third-order valence-corrected chi connectivity index (χ3v) is 2.79. The molecule has 84 valence electrons. The van der Waals surface area contributed by atoms with Crippen molar-refractivity contribution in [3.63, 3.8) is 0 Å². The van der Waals surface area contributed by atoms with Gasteiger partial charge in [-0.1, -0.05) is 13.8 Å². The highest BCUT2D eigenvalue weighted by Gasteiger charge is 2.19. The van der Waals surface area contributed by atoms with Gasteiger partial charge in [0.2, 0.25) is 0 Å². The molecule has 0 amide bonds. The number of likely N-dealkylation sites (N-methyl/N-ethyl adjacent to an activating group) is 2. The first kappa shape index (κ1) is 12.0. The van der Waals surface area contributed by atoms with Crippen LogP contribution in [0.3, 0.4) is 0 Å². The Balaban J connectivity index is 2.22. The summed E-state index contributed by atoms with van der Waals surface area (Å²) < 4.78 is 5.74. The molecule has 0 unspecified atom stereocenters. The van der Waals surface area contributed by atoms with Crippen molar-refractivity contribution in [1.82, 2.24) is 9.80 Å². The average molecular weight is 200 g/mol.